The molecular weight excluding hydrogens is 368 g/mol. The fourth-order valence-corrected chi connectivity index (χ4v) is 4.17. The normalized spacial score (nSPS) is 18.2. The molecule has 1 fully saturated rings. The number of fused-ring (bicyclic) bond motifs is 2. The number of hydrogen-bond donors (Lipinski definition) is 1. The van der Waals surface area contributed by atoms with E-state index in [1.165, 1.54) is 0 Å². The van der Waals surface area contributed by atoms with E-state index >= 15 is 0 Å². The summed E-state index contributed by atoms with van der Waals surface area (Å²) in [5, 5.41) is 3.08. The number of benzene rings is 2. The van der Waals surface area contributed by atoms with E-state index in [0.717, 1.165) is 53.4 Å². The first-order valence-corrected chi connectivity index (χ1v) is 10.0. The molecule has 5 rings (SSSR count). The van der Waals surface area contributed by atoms with Crippen molar-refractivity contribution in [3.05, 3.63) is 48.0 Å². The van der Waals surface area contributed by atoms with Gasteiger partial charge in [-0.05, 0) is 42.7 Å². The van der Waals surface area contributed by atoms with E-state index in [4.69, 9.17) is 14.5 Å². The Kier molecular flexibility index (Phi) is 4.50. The lowest BCUT2D eigenvalue weighted by atomic mass is 9.97. The molecule has 1 amide bonds. The topological polar surface area (TPSA) is 68.6 Å². The molecule has 3 heterocycles. The Hall–Kier alpha value is -3.22. The van der Waals surface area contributed by atoms with Crippen molar-refractivity contribution in [3.8, 4) is 11.5 Å². The van der Waals surface area contributed by atoms with E-state index in [2.05, 4.69) is 20.9 Å². The fourth-order valence-electron chi connectivity index (χ4n) is 4.17. The summed E-state index contributed by atoms with van der Waals surface area (Å²) in [6, 6.07) is 13.9. The lowest BCUT2D eigenvalue weighted by Gasteiger charge is -2.32. The molecule has 2 aromatic carbocycles. The molecule has 1 atom stereocenters. The summed E-state index contributed by atoms with van der Waals surface area (Å²) in [4.78, 5) is 19.8. The number of aryl methyl sites for hydroxylation is 1. The van der Waals surface area contributed by atoms with Crippen LogP contribution in [0.15, 0.2) is 42.5 Å². The molecule has 29 heavy (non-hydrogen) atoms. The second-order valence-corrected chi connectivity index (χ2v) is 7.65. The lowest BCUT2D eigenvalue weighted by Crippen LogP contribution is -2.43. The number of anilines is 1. The third kappa shape index (κ3) is 3.37. The molecule has 2 aliphatic rings. The summed E-state index contributed by atoms with van der Waals surface area (Å²) < 4.78 is 12.9. The van der Waals surface area contributed by atoms with E-state index in [1.807, 2.05) is 43.4 Å². The summed E-state index contributed by atoms with van der Waals surface area (Å²) >= 11 is 0. The van der Waals surface area contributed by atoms with Gasteiger partial charge in [0.05, 0.1) is 17.0 Å². The Balaban J connectivity index is 1.25. The number of hydrogen-bond acceptors (Lipinski definition) is 5. The maximum atomic E-state index is 12.8. The number of aromatic nitrogens is 2. The molecule has 7 nitrogen and oxygen atoms in total. The number of imidazole rings is 1. The van der Waals surface area contributed by atoms with Gasteiger partial charge in [-0.25, -0.2) is 4.98 Å². The van der Waals surface area contributed by atoms with Gasteiger partial charge in [0.15, 0.2) is 11.5 Å². The van der Waals surface area contributed by atoms with Gasteiger partial charge in [-0.1, -0.05) is 18.2 Å². The third-order valence-corrected chi connectivity index (χ3v) is 5.74. The maximum Gasteiger partial charge on any atom is 0.231 e. The Morgan fingerprint density at radius 1 is 1.21 bits per heavy atom. The van der Waals surface area contributed by atoms with Crippen LogP contribution in [0.4, 0.5) is 5.95 Å². The van der Waals surface area contributed by atoms with Gasteiger partial charge in [0, 0.05) is 26.7 Å². The average molecular weight is 392 g/mol. The standard InChI is InChI=1S/C22H24N4O3/c1-25-18-7-3-2-6-17(18)24-22(25)26-10-4-5-16(13-26)21(27)23-12-15-8-9-19-20(11-15)29-14-28-19/h2-3,6-9,11,16H,4-5,10,12-14H2,1H3,(H,23,27)/t16-/m1/s1. The monoisotopic (exact) mass is 392 g/mol. The van der Waals surface area contributed by atoms with Gasteiger partial charge in [-0.3, -0.25) is 4.79 Å². The first kappa shape index (κ1) is 17.8. The van der Waals surface area contributed by atoms with Crippen LogP contribution >= 0.6 is 0 Å². The first-order valence-electron chi connectivity index (χ1n) is 10.0. The Labute approximate surface area is 169 Å². The van der Waals surface area contributed by atoms with E-state index in [-0.39, 0.29) is 18.6 Å². The minimum atomic E-state index is -0.0439. The number of para-hydroxylation sites is 2. The zero-order chi connectivity index (χ0) is 19.8. The number of rotatable bonds is 4. The zero-order valence-corrected chi connectivity index (χ0v) is 16.4. The molecule has 0 spiro atoms. The molecule has 2 aliphatic heterocycles. The van der Waals surface area contributed by atoms with E-state index in [0.29, 0.717) is 13.1 Å². The van der Waals surface area contributed by atoms with Crippen molar-refractivity contribution in [2.75, 3.05) is 24.8 Å². The molecule has 150 valence electrons. The van der Waals surface area contributed by atoms with Gasteiger partial charge >= 0.3 is 0 Å². The Morgan fingerprint density at radius 3 is 2.97 bits per heavy atom. The second-order valence-electron chi connectivity index (χ2n) is 7.65. The minimum Gasteiger partial charge on any atom is -0.454 e. The molecule has 1 aromatic heterocycles. The van der Waals surface area contributed by atoms with E-state index < -0.39 is 0 Å². The molecule has 1 saturated heterocycles. The van der Waals surface area contributed by atoms with Gasteiger partial charge in [0.2, 0.25) is 18.6 Å². The summed E-state index contributed by atoms with van der Waals surface area (Å²) in [6.45, 7) is 2.34. The highest BCUT2D eigenvalue weighted by molar-refractivity contribution is 5.81. The SMILES string of the molecule is Cn1c(N2CCC[C@@H](C(=O)NCc3ccc4c(c3)OCO4)C2)nc2ccccc21. The predicted octanol–water partition coefficient (Wildman–Crippen LogP) is 2.83. The van der Waals surface area contributed by atoms with Gasteiger partial charge in [0.25, 0.3) is 0 Å². The smallest absolute Gasteiger partial charge is 0.231 e. The van der Waals surface area contributed by atoms with Crippen LogP contribution in [0.5, 0.6) is 11.5 Å². The second kappa shape index (κ2) is 7.31. The third-order valence-electron chi connectivity index (χ3n) is 5.74. The zero-order valence-electron chi connectivity index (χ0n) is 16.4. The van der Waals surface area contributed by atoms with Gasteiger partial charge in [0.1, 0.15) is 0 Å². The molecular formula is C22H24N4O3. The van der Waals surface area contributed by atoms with Gasteiger partial charge in [-0.2, -0.15) is 0 Å². The number of piperidine rings is 1. The number of nitrogens with one attached hydrogen (secondary N) is 1. The molecule has 7 heteroatoms. The predicted molar refractivity (Wildman–Crippen MR) is 110 cm³/mol. The highest BCUT2D eigenvalue weighted by Crippen LogP contribution is 2.32. The summed E-state index contributed by atoms with van der Waals surface area (Å²) in [5.41, 5.74) is 3.10. The summed E-state index contributed by atoms with van der Waals surface area (Å²) in [7, 11) is 2.04. The molecule has 1 N–H and O–H groups in total. The molecule has 0 bridgehead atoms. The molecule has 0 aliphatic carbocycles. The van der Waals surface area contributed by atoms with Crippen molar-refractivity contribution in [1.82, 2.24) is 14.9 Å². The van der Waals surface area contributed by atoms with Crippen molar-refractivity contribution < 1.29 is 14.3 Å². The van der Waals surface area contributed by atoms with Crippen molar-refractivity contribution in [1.29, 1.82) is 0 Å². The first-order chi connectivity index (χ1) is 14.2. The number of amides is 1. The molecule has 0 unspecified atom stereocenters. The van der Waals surface area contributed by atoms with Crippen molar-refractivity contribution in [2.24, 2.45) is 13.0 Å². The quantitative estimate of drug-likeness (QED) is 0.740. The summed E-state index contributed by atoms with van der Waals surface area (Å²) in [6.07, 6.45) is 1.87. The Bertz CT molecular complexity index is 1060. The molecule has 3 aromatic rings. The van der Waals surface area contributed by atoms with Gasteiger partial charge < -0.3 is 24.3 Å². The largest absolute Gasteiger partial charge is 0.454 e. The molecule has 0 saturated carbocycles. The van der Waals surface area contributed by atoms with E-state index in [1.54, 1.807) is 0 Å². The van der Waals surface area contributed by atoms with Crippen molar-refractivity contribution in [2.45, 2.75) is 19.4 Å². The fraction of sp³-hybridized carbons (Fsp3) is 0.364. The Morgan fingerprint density at radius 2 is 2.07 bits per heavy atom. The number of carbonyl (C=O) groups is 1. The average Bonchev–Trinajstić information content (AvgIpc) is 3.36. The number of carbonyl (C=O) groups excluding carboxylic acids is 1. The van der Waals surface area contributed by atoms with Crippen LogP contribution in [-0.2, 0) is 18.4 Å². The van der Waals surface area contributed by atoms with Crippen LogP contribution in [0, 0.1) is 5.92 Å². The van der Waals surface area contributed by atoms with Crippen LogP contribution in [0.1, 0.15) is 18.4 Å². The number of ether oxygens (including phenoxy) is 2. The highest BCUT2D eigenvalue weighted by atomic mass is 16.7. The number of nitrogens with zero attached hydrogens (tertiary/aromatic N) is 3. The van der Waals surface area contributed by atoms with E-state index in [9.17, 15) is 4.79 Å². The van der Waals surface area contributed by atoms with Crippen molar-refractivity contribution >= 4 is 22.9 Å². The van der Waals surface area contributed by atoms with Crippen LogP contribution < -0.4 is 19.7 Å². The lowest BCUT2D eigenvalue weighted by molar-refractivity contribution is -0.125. The highest BCUT2D eigenvalue weighted by Gasteiger charge is 2.28. The van der Waals surface area contributed by atoms with Crippen LogP contribution in [0.25, 0.3) is 11.0 Å². The minimum absolute atomic E-state index is 0.0439. The van der Waals surface area contributed by atoms with Crippen molar-refractivity contribution in [3.63, 3.8) is 0 Å². The maximum absolute atomic E-state index is 12.8. The van der Waals surface area contributed by atoms with Crippen LogP contribution in [0.3, 0.4) is 0 Å². The van der Waals surface area contributed by atoms with Crippen LogP contribution in [0.2, 0.25) is 0 Å². The molecule has 0 radical (unpaired) electrons. The van der Waals surface area contributed by atoms with Crippen LogP contribution in [-0.4, -0.2) is 35.3 Å². The summed E-state index contributed by atoms with van der Waals surface area (Å²) in [5.74, 6) is 2.47. The van der Waals surface area contributed by atoms with Gasteiger partial charge in [-0.15, -0.1) is 0 Å².